The molecule has 2 aliphatic rings. The van der Waals surface area contributed by atoms with Gasteiger partial charge in [0.2, 0.25) is 5.91 Å². The van der Waals surface area contributed by atoms with E-state index in [9.17, 15) is 4.79 Å². The van der Waals surface area contributed by atoms with Crippen LogP contribution in [-0.2, 0) is 9.53 Å². The van der Waals surface area contributed by atoms with Crippen molar-refractivity contribution in [3.05, 3.63) is 0 Å². The summed E-state index contributed by atoms with van der Waals surface area (Å²) < 4.78 is 5.40. The van der Waals surface area contributed by atoms with Gasteiger partial charge in [0, 0.05) is 13.2 Å². The summed E-state index contributed by atoms with van der Waals surface area (Å²) in [6.07, 6.45) is 2.85. The van der Waals surface area contributed by atoms with Gasteiger partial charge in [-0.15, -0.1) is 0 Å². The Morgan fingerprint density at radius 2 is 2.44 bits per heavy atom. The van der Waals surface area contributed by atoms with Crippen molar-refractivity contribution in [1.82, 2.24) is 4.90 Å². The predicted octanol–water partition coefficient (Wildman–Crippen LogP) is 1.02. The molecule has 2 aliphatic heterocycles. The minimum Gasteiger partial charge on any atom is -0.379 e. The maximum absolute atomic E-state index is 12.3. The summed E-state index contributed by atoms with van der Waals surface area (Å²) >= 11 is 1.70. The highest BCUT2D eigenvalue weighted by molar-refractivity contribution is 7.99. The van der Waals surface area contributed by atoms with Gasteiger partial charge in [-0.05, 0) is 19.6 Å². The number of hydrogen-bond acceptors (Lipinski definition) is 4. The highest BCUT2D eigenvalue weighted by atomic mass is 32.2. The number of fused-ring (bicyclic) bond motifs is 1. The van der Waals surface area contributed by atoms with Crippen molar-refractivity contribution in [2.45, 2.75) is 19.4 Å². The molecule has 0 radical (unpaired) electrons. The molecular weight excluding hydrogens is 224 g/mol. The molecule has 0 saturated carbocycles. The maximum atomic E-state index is 12.3. The average molecular weight is 242 g/mol. The fraction of sp³-hybridized carbons (Fsp3) is 0.818. The van der Waals surface area contributed by atoms with Crippen LogP contribution in [0.4, 0.5) is 0 Å². The molecule has 4 nitrogen and oxygen atoms in total. The highest BCUT2D eigenvalue weighted by Crippen LogP contribution is 2.26. The van der Waals surface area contributed by atoms with E-state index in [2.05, 4.69) is 4.99 Å². The molecule has 2 atom stereocenters. The van der Waals surface area contributed by atoms with Gasteiger partial charge in [-0.2, -0.15) is 11.8 Å². The van der Waals surface area contributed by atoms with Crippen molar-refractivity contribution in [3.8, 4) is 0 Å². The Balaban J connectivity index is 2.22. The summed E-state index contributed by atoms with van der Waals surface area (Å²) in [6, 6.07) is 0.0613. The molecule has 2 heterocycles. The number of ether oxygens (including phenoxy) is 1. The number of amides is 1. The molecule has 0 aromatic carbocycles. The Morgan fingerprint density at radius 3 is 3.12 bits per heavy atom. The van der Waals surface area contributed by atoms with Crippen LogP contribution in [0, 0.1) is 5.92 Å². The summed E-state index contributed by atoms with van der Waals surface area (Å²) in [4.78, 5) is 18.8. The van der Waals surface area contributed by atoms with Crippen LogP contribution in [0.25, 0.3) is 0 Å². The molecular formula is C11H18N2O2S. The maximum Gasteiger partial charge on any atom is 0.233 e. The van der Waals surface area contributed by atoms with Crippen molar-refractivity contribution in [2.75, 3.05) is 31.8 Å². The van der Waals surface area contributed by atoms with Crippen molar-refractivity contribution in [1.29, 1.82) is 0 Å². The molecule has 0 aromatic rings. The average Bonchev–Trinajstić information content (AvgIpc) is 2.30. The monoisotopic (exact) mass is 242 g/mol. The molecule has 0 bridgehead atoms. The molecule has 1 fully saturated rings. The Bertz CT molecular complexity index is 306. The van der Waals surface area contributed by atoms with Gasteiger partial charge < -0.3 is 4.74 Å². The molecule has 5 heteroatoms. The first kappa shape index (κ1) is 11.9. The van der Waals surface area contributed by atoms with Crippen LogP contribution < -0.4 is 0 Å². The van der Waals surface area contributed by atoms with Gasteiger partial charge in [0.15, 0.2) is 0 Å². The first-order valence-corrected chi connectivity index (χ1v) is 7.12. The van der Waals surface area contributed by atoms with E-state index in [0.717, 1.165) is 24.6 Å². The third-order valence-electron chi connectivity index (χ3n) is 3.13. The second-order valence-corrected chi connectivity index (χ2v) is 4.96. The summed E-state index contributed by atoms with van der Waals surface area (Å²) in [5.41, 5.74) is 0. The van der Waals surface area contributed by atoms with Crippen LogP contribution in [0.5, 0.6) is 0 Å². The topological polar surface area (TPSA) is 41.9 Å². The van der Waals surface area contributed by atoms with Crippen LogP contribution in [0.3, 0.4) is 0 Å². The van der Waals surface area contributed by atoms with Gasteiger partial charge in [0.25, 0.3) is 0 Å². The largest absolute Gasteiger partial charge is 0.379 e. The van der Waals surface area contributed by atoms with E-state index >= 15 is 0 Å². The fourth-order valence-electron chi connectivity index (χ4n) is 2.31. The lowest BCUT2D eigenvalue weighted by Gasteiger charge is -2.38. The van der Waals surface area contributed by atoms with Gasteiger partial charge >= 0.3 is 0 Å². The first-order valence-electron chi connectivity index (χ1n) is 5.72. The van der Waals surface area contributed by atoms with Crippen molar-refractivity contribution < 1.29 is 9.53 Å². The molecule has 0 N–H and O–H groups in total. The van der Waals surface area contributed by atoms with Gasteiger partial charge in [-0.25, -0.2) is 0 Å². The minimum atomic E-state index is 0.0549. The van der Waals surface area contributed by atoms with E-state index in [1.807, 2.05) is 18.1 Å². The standard InChI is InChI=1S/C11H18N2O2S/c1-3-13-10(7-16-2)12-9-6-15-5-4-8(9)11(13)14/h8-9H,3-7H2,1-2H3/t8-,9+/m1/s1. The van der Waals surface area contributed by atoms with Gasteiger partial charge in [0.1, 0.15) is 5.84 Å². The molecule has 0 spiro atoms. The zero-order valence-electron chi connectivity index (χ0n) is 9.81. The number of rotatable bonds is 3. The number of aliphatic imine (C=N–C) groups is 1. The lowest BCUT2D eigenvalue weighted by molar-refractivity contribution is -0.136. The molecule has 0 unspecified atom stereocenters. The molecule has 1 saturated heterocycles. The number of hydrogen-bond donors (Lipinski definition) is 0. The lowest BCUT2D eigenvalue weighted by Crippen LogP contribution is -2.52. The fourth-order valence-corrected chi connectivity index (χ4v) is 2.80. The number of amidine groups is 1. The smallest absolute Gasteiger partial charge is 0.233 e. The Labute approximate surface area is 100 Å². The van der Waals surface area contributed by atoms with Crippen LogP contribution >= 0.6 is 11.8 Å². The Hall–Kier alpha value is -0.550. The number of thioether (sulfide) groups is 1. The lowest BCUT2D eigenvalue weighted by atomic mass is 9.92. The second kappa shape index (κ2) is 5.19. The minimum absolute atomic E-state index is 0.0549. The summed E-state index contributed by atoms with van der Waals surface area (Å²) in [5.74, 6) is 2.03. The summed E-state index contributed by atoms with van der Waals surface area (Å²) in [5, 5.41) is 0. The van der Waals surface area contributed by atoms with Crippen LogP contribution in [-0.4, -0.2) is 54.5 Å². The van der Waals surface area contributed by atoms with Crippen molar-refractivity contribution in [2.24, 2.45) is 10.9 Å². The van der Waals surface area contributed by atoms with E-state index < -0.39 is 0 Å². The highest BCUT2D eigenvalue weighted by Gasteiger charge is 2.39. The molecule has 0 aromatic heterocycles. The zero-order valence-corrected chi connectivity index (χ0v) is 10.6. The SMILES string of the molecule is CCN1C(=O)[C@@H]2CCOC[C@@H]2N=C1CSC. The Morgan fingerprint density at radius 1 is 1.62 bits per heavy atom. The third kappa shape index (κ3) is 2.11. The first-order chi connectivity index (χ1) is 7.77. The number of carbonyl (C=O) groups is 1. The molecule has 16 heavy (non-hydrogen) atoms. The predicted molar refractivity (Wildman–Crippen MR) is 65.9 cm³/mol. The molecule has 2 rings (SSSR count). The Kier molecular flexibility index (Phi) is 3.86. The van der Waals surface area contributed by atoms with Crippen LogP contribution in [0.15, 0.2) is 4.99 Å². The van der Waals surface area contributed by atoms with Crippen LogP contribution in [0.1, 0.15) is 13.3 Å². The molecule has 1 amide bonds. The summed E-state index contributed by atoms with van der Waals surface area (Å²) in [7, 11) is 0. The van der Waals surface area contributed by atoms with Crippen molar-refractivity contribution in [3.63, 3.8) is 0 Å². The normalized spacial score (nSPS) is 30.0. The second-order valence-electron chi connectivity index (χ2n) is 4.10. The van der Waals surface area contributed by atoms with E-state index in [4.69, 9.17) is 4.74 Å². The van der Waals surface area contributed by atoms with Crippen molar-refractivity contribution >= 4 is 23.5 Å². The van der Waals surface area contributed by atoms with E-state index in [1.54, 1.807) is 11.8 Å². The van der Waals surface area contributed by atoms with E-state index in [-0.39, 0.29) is 17.9 Å². The number of nitrogens with zero attached hydrogens (tertiary/aromatic N) is 2. The van der Waals surface area contributed by atoms with E-state index in [1.165, 1.54) is 0 Å². The van der Waals surface area contributed by atoms with E-state index in [0.29, 0.717) is 13.2 Å². The molecule has 90 valence electrons. The van der Waals surface area contributed by atoms with Crippen LogP contribution in [0.2, 0.25) is 0 Å². The van der Waals surface area contributed by atoms with Gasteiger partial charge in [0.05, 0.1) is 24.3 Å². The molecule has 0 aliphatic carbocycles. The quantitative estimate of drug-likeness (QED) is 0.742. The number of carbonyl (C=O) groups excluding carboxylic acids is 1. The van der Waals surface area contributed by atoms with Gasteiger partial charge in [-0.3, -0.25) is 14.7 Å². The van der Waals surface area contributed by atoms with Gasteiger partial charge in [-0.1, -0.05) is 0 Å². The zero-order chi connectivity index (χ0) is 11.5. The third-order valence-corrected chi connectivity index (χ3v) is 3.67. The summed E-state index contributed by atoms with van der Waals surface area (Å²) in [6.45, 7) is 4.03.